The largest absolute Gasteiger partial charge is 0.447 e. The van der Waals surface area contributed by atoms with Crippen molar-refractivity contribution in [2.45, 2.75) is 0 Å². The highest BCUT2D eigenvalue weighted by atomic mass is 32.1. The topological polar surface area (TPSA) is 71.5 Å². The summed E-state index contributed by atoms with van der Waals surface area (Å²) in [5.74, 6) is -0.239. The van der Waals surface area contributed by atoms with Gasteiger partial charge in [-0.3, -0.25) is 9.69 Å². The Balaban J connectivity index is 1.32. The molecule has 1 aliphatic rings. The van der Waals surface area contributed by atoms with E-state index in [0.717, 1.165) is 20.8 Å². The molecule has 2 amide bonds. The average Bonchev–Trinajstić information content (AvgIpc) is 3.40. The van der Waals surface area contributed by atoms with Gasteiger partial charge in [0.05, 0.1) is 16.8 Å². The van der Waals surface area contributed by atoms with E-state index in [0.29, 0.717) is 30.1 Å². The van der Waals surface area contributed by atoms with Crippen LogP contribution in [-0.2, 0) is 4.74 Å². The first kappa shape index (κ1) is 18.3. The Morgan fingerprint density at radius 1 is 1.03 bits per heavy atom. The Hall–Kier alpha value is -3.71. The lowest BCUT2D eigenvalue weighted by atomic mass is 10.1. The van der Waals surface area contributed by atoms with Crippen LogP contribution in [0.4, 0.5) is 16.2 Å². The summed E-state index contributed by atoms with van der Waals surface area (Å²) in [5.41, 5.74) is 3.80. The number of carbonyl (C=O) groups excluding carboxylic acids is 2. The number of anilines is 2. The first-order valence-electron chi connectivity index (χ1n) is 9.49. The molecular weight excluding hydrogens is 398 g/mol. The average molecular weight is 415 g/mol. The standard InChI is InChI=1S/C23H17N3O3S/c27-21(16-4-3-5-18(14-16)26-12-13-29-23(26)28)24-17-10-8-15(9-11-17)22-25-19-6-1-2-7-20(19)30-22/h1-11,14H,12-13H2,(H,24,27). The van der Waals surface area contributed by atoms with Gasteiger partial charge < -0.3 is 10.1 Å². The van der Waals surface area contributed by atoms with Crippen LogP contribution < -0.4 is 10.2 Å². The molecule has 2 heterocycles. The number of thiazole rings is 1. The van der Waals surface area contributed by atoms with E-state index in [2.05, 4.69) is 16.4 Å². The number of para-hydroxylation sites is 1. The number of nitrogens with zero attached hydrogens (tertiary/aromatic N) is 2. The molecule has 0 aliphatic carbocycles. The monoisotopic (exact) mass is 415 g/mol. The van der Waals surface area contributed by atoms with Gasteiger partial charge in [-0.15, -0.1) is 11.3 Å². The van der Waals surface area contributed by atoms with Crippen molar-refractivity contribution in [3.8, 4) is 10.6 Å². The minimum Gasteiger partial charge on any atom is -0.447 e. The molecule has 0 unspecified atom stereocenters. The van der Waals surface area contributed by atoms with Crippen molar-refractivity contribution < 1.29 is 14.3 Å². The maximum atomic E-state index is 12.7. The number of ether oxygens (including phenoxy) is 1. The van der Waals surface area contributed by atoms with E-state index < -0.39 is 6.09 Å². The molecule has 5 rings (SSSR count). The Morgan fingerprint density at radius 2 is 1.87 bits per heavy atom. The maximum Gasteiger partial charge on any atom is 0.414 e. The second kappa shape index (κ2) is 7.61. The Bertz CT molecular complexity index is 1220. The number of benzene rings is 3. The van der Waals surface area contributed by atoms with Gasteiger partial charge in [0.15, 0.2) is 0 Å². The first-order chi connectivity index (χ1) is 14.7. The van der Waals surface area contributed by atoms with Crippen molar-refractivity contribution in [1.29, 1.82) is 0 Å². The van der Waals surface area contributed by atoms with E-state index >= 15 is 0 Å². The van der Waals surface area contributed by atoms with Gasteiger partial charge in [0, 0.05) is 22.5 Å². The van der Waals surface area contributed by atoms with Gasteiger partial charge in [-0.2, -0.15) is 0 Å². The number of hydrogen-bond donors (Lipinski definition) is 1. The molecule has 4 aromatic rings. The summed E-state index contributed by atoms with van der Waals surface area (Å²) in [7, 11) is 0. The van der Waals surface area contributed by atoms with Crippen molar-refractivity contribution in [2.24, 2.45) is 0 Å². The van der Waals surface area contributed by atoms with Crippen LogP contribution in [0.3, 0.4) is 0 Å². The summed E-state index contributed by atoms with van der Waals surface area (Å²) in [6.07, 6.45) is -0.391. The van der Waals surface area contributed by atoms with Crippen molar-refractivity contribution in [1.82, 2.24) is 4.98 Å². The van der Waals surface area contributed by atoms with Crippen LogP contribution in [0.5, 0.6) is 0 Å². The highest BCUT2D eigenvalue weighted by molar-refractivity contribution is 7.21. The number of carbonyl (C=O) groups is 2. The van der Waals surface area contributed by atoms with Crippen LogP contribution >= 0.6 is 11.3 Å². The molecule has 0 radical (unpaired) electrons. The SMILES string of the molecule is O=C(Nc1ccc(-c2nc3ccccc3s2)cc1)c1cccc(N2CCOC2=O)c1. The van der Waals surface area contributed by atoms with Crippen molar-refractivity contribution >= 4 is 44.9 Å². The van der Waals surface area contributed by atoms with Crippen LogP contribution in [0.15, 0.2) is 72.8 Å². The third kappa shape index (κ3) is 3.51. The van der Waals surface area contributed by atoms with Crippen LogP contribution in [0, 0.1) is 0 Å². The zero-order chi connectivity index (χ0) is 20.5. The summed E-state index contributed by atoms with van der Waals surface area (Å²) in [5, 5.41) is 3.85. The van der Waals surface area contributed by atoms with Crippen molar-refractivity contribution in [3.05, 3.63) is 78.4 Å². The predicted molar refractivity (Wildman–Crippen MR) is 118 cm³/mol. The van der Waals surface area contributed by atoms with E-state index in [1.165, 1.54) is 4.90 Å². The molecule has 3 aromatic carbocycles. The normalized spacial score (nSPS) is 13.5. The maximum absolute atomic E-state index is 12.7. The fraction of sp³-hybridized carbons (Fsp3) is 0.0870. The summed E-state index contributed by atoms with van der Waals surface area (Å²) in [4.78, 5) is 30.6. The summed E-state index contributed by atoms with van der Waals surface area (Å²) in [6, 6.07) is 22.6. The molecule has 1 aromatic heterocycles. The molecular formula is C23H17N3O3S. The predicted octanol–water partition coefficient (Wildman–Crippen LogP) is 5.17. The van der Waals surface area contributed by atoms with Gasteiger partial charge in [0.1, 0.15) is 11.6 Å². The first-order valence-corrected chi connectivity index (χ1v) is 10.3. The summed E-state index contributed by atoms with van der Waals surface area (Å²) >= 11 is 1.64. The third-order valence-electron chi connectivity index (χ3n) is 4.86. The number of rotatable bonds is 4. The lowest BCUT2D eigenvalue weighted by molar-refractivity contribution is 0.102. The highest BCUT2D eigenvalue weighted by Gasteiger charge is 2.24. The number of amides is 2. The molecule has 30 heavy (non-hydrogen) atoms. The molecule has 6 nitrogen and oxygen atoms in total. The third-order valence-corrected chi connectivity index (χ3v) is 5.95. The molecule has 7 heteroatoms. The number of cyclic esters (lactones) is 1. The lowest BCUT2D eigenvalue weighted by Gasteiger charge is -2.14. The molecule has 1 saturated heterocycles. The van der Waals surface area contributed by atoms with Gasteiger partial charge >= 0.3 is 6.09 Å². The Morgan fingerprint density at radius 3 is 2.63 bits per heavy atom. The number of nitrogens with one attached hydrogen (secondary N) is 1. The second-order valence-corrected chi connectivity index (χ2v) is 7.87. The minimum absolute atomic E-state index is 0.239. The zero-order valence-electron chi connectivity index (χ0n) is 15.9. The molecule has 1 aliphatic heterocycles. The van der Waals surface area contributed by atoms with E-state index in [4.69, 9.17) is 4.74 Å². The van der Waals surface area contributed by atoms with Gasteiger partial charge in [-0.05, 0) is 54.6 Å². The smallest absolute Gasteiger partial charge is 0.414 e. The lowest BCUT2D eigenvalue weighted by Crippen LogP contribution is -2.23. The van der Waals surface area contributed by atoms with E-state index in [1.54, 1.807) is 35.6 Å². The van der Waals surface area contributed by atoms with Crippen LogP contribution in [-0.4, -0.2) is 30.1 Å². The number of aromatic nitrogens is 1. The fourth-order valence-corrected chi connectivity index (χ4v) is 4.31. The Kier molecular flexibility index (Phi) is 4.65. The molecule has 1 N–H and O–H groups in total. The molecule has 0 atom stereocenters. The van der Waals surface area contributed by atoms with Crippen LogP contribution in [0.1, 0.15) is 10.4 Å². The quantitative estimate of drug-likeness (QED) is 0.499. The van der Waals surface area contributed by atoms with E-state index in [1.807, 2.05) is 42.5 Å². The van der Waals surface area contributed by atoms with Crippen molar-refractivity contribution in [3.63, 3.8) is 0 Å². The van der Waals surface area contributed by atoms with Gasteiger partial charge in [0.2, 0.25) is 0 Å². The van der Waals surface area contributed by atoms with E-state index in [9.17, 15) is 9.59 Å². The number of hydrogen-bond acceptors (Lipinski definition) is 5. The molecule has 0 spiro atoms. The molecule has 0 bridgehead atoms. The Labute approximate surface area is 176 Å². The number of fused-ring (bicyclic) bond motifs is 1. The van der Waals surface area contributed by atoms with Gasteiger partial charge in [-0.1, -0.05) is 18.2 Å². The molecule has 1 fully saturated rings. The fourth-order valence-electron chi connectivity index (χ4n) is 3.34. The van der Waals surface area contributed by atoms with Gasteiger partial charge in [-0.25, -0.2) is 9.78 Å². The van der Waals surface area contributed by atoms with Crippen LogP contribution in [0.2, 0.25) is 0 Å². The minimum atomic E-state index is -0.391. The van der Waals surface area contributed by atoms with Crippen LogP contribution in [0.25, 0.3) is 20.8 Å². The summed E-state index contributed by atoms with van der Waals surface area (Å²) in [6.45, 7) is 0.841. The van der Waals surface area contributed by atoms with E-state index in [-0.39, 0.29) is 5.91 Å². The van der Waals surface area contributed by atoms with Gasteiger partial charge in [0.25, 0.3) is 5.91 Å². The highest BCUT2D eigenvalue weighted by Crippen LogP contribution is 2.30. The summed E-state index contributed by atoms with van der Waals surface area (Å²) < 4.78 is 6.11. The van der Waals surface area contributed by atoms with Crippen molar-refractivity contribution in [2.75, 3.05) is 23.4 Å². The second-order valence-electron chi connectivity index (χ2n) is 6.83. The molecule has 0 saturated carbocycles. The zero-order valence-corrected chi connectivity index (χ0v) is 16.7. The molecule has 148 valence electrons.